The van der Waals surface area contributed by atoms with Gasteiger partial charge in [-0.2, -0.15) is 0 Å². The molecule has 0 atom stereocenters. The van der Waals surface area contributed by atoms with Crippen LogP contribution in [0.3, 0.4) is 0 Å². The molecule has 0 saturated carbocycles. The van der Waals surface area contributed by atoms with Gasteiger partial charge in [0, 0.05) is 45.8 Å². The van der Waals surface area contributed by atoms with Gasteiger partial charge in [0.2, 0.25) is 5.91 Å². The van der Waals surface area contributed by atoms with Crippen molar-refractivity contribution in [1.82, 2.24) is 10.6 Å². The third-order valence-corrected chi connectivity index (χ3v) is 4.68. The second-order valence-corrected chi connectivity index (χ2v) is 6.99. The van der Waals surface area contributed by atoms with Crippen LogP contribution in [0.1, 0.15) is 25.0 Å². The van der Waals surface area contributed by atoms with E-state index in [1.807, 2.05) is 18.2 Å². The molecule has 0 radical (unpaired) electrons. The van der Waals surface area contributed by atoms with Crippen LogP contribution in [0.15, 0.2) is 47.5 Å². The van der Waals surface area contributed by atoms with Crippen molar-refractivity contribution in [1.29, 1.82) is 0 Å². The lowest BCUT2D eigenvalue weighted by atomic mass is 10.2. The Balaban J connectivity index is 1.89. The van der Waals surface area contributed by atoms with E-state index in [-0.39, 0.29) is 5.91 Å². The van der Waals surface area contributed by atoms with E-state index in [0.29, 0.717) is 18.0 Å². The number of anilines is 2. The Bertz CT molecular complexity index is 866. The van der Waals surface area contributed by atoms with Gasteiger partial charge in [-0.05, 0) is 49.2 Å². The largest absolute Gasteiger partial charge is 0.495 e. The average Bonchev–Trinajstić information content (AvgIpc) is 2.73. The number of guanidine groups is 1. The predicted octanol–water partition coefficient (Wildman–Crippen LogP) is 3.15. The molecule has 0 bridgehead atoms. The van der Waals surface area contributed by atoms with E-state index in [9.17, 15) is 4.79 Å². The molecule has 3 N–H and O–H groups in total. The van der Waals surface area contributed by atoms with E-state index in [0.717, 1.165) is 31.2 Å². The summed E-state index contributed by atoms with van der Waals surface area (Å²) in [4.78, 5) is 18.0. The number of aryl methyl sites for hydroxylation is 1. The predicted molar refractivity (Wildman–Crippen MR) is 125 cm³/mol. The Kier molecular flexibility index (Phi) is 9.00. The van der Waals surface area contributed by atoms with Gasteiger partial charge in [-0.15, -0.1) is 0 Å². The minimum atomic E-state index is -0.134. The van der Waals surface area contributed by atoms with Gasteiger partial charge in [-0.25, -0.2) is 0 Å². The van der Waals surface area contributed by atoms with Crippen molar-refractivity contribution < 1.29 is 9.53 Å². The number of hydrogen-bond acceptors (Lipinski definition) is 4. The van der Waals surface area contributed by atoms with Crippen molar-refractivity contribution in [3.63, 3.8) is 0 Å². The SMILES string of the molecule is CCN(CCNC(=NC)NCc1ccc(OC)c(NC(C)=O)c1)c1cccc(C)c1. The summed E-state index contributed by atoms with van der Waals surface area (Å²) in [5.41, 5.74) is 4.15. The molecule has 7 nitrogen and oxygen atoms in total. The molecule has 0 aliphatic heterocycles. The van der Waals surface area contributed by atoms with Crippen LogP contribution in [-0.4, -0.2) is 45.7 Å². The smallest absolute Gasteiger partial charge is 0.221 e. The fourth-order valence-electron chi connectivity index (χ4n) is 3.16. The van der Waals surface area contributed by atoms with Crippen LogP contribution < -0.4 is 25.6 Å². The molecule has 0 fully saturated rings. The number of carbonyl (C=O) groups is 1. The van der Waals surface area contributed by atoms with Gasteiger partial charge in [0.05, 0.1) is 12.8 Å². The van der Waals surface area contributed by atoms with E-state index in [2.05, 4.69) is 64.0 Å². The quantitative estimate of drug-likeness (QED) is 0.436. The Hall–Kier alpha value is -3.22. The molecule has 0 aliphatic carbocycles. The van der Waals surface area contributed by atoms with Gasteiger partial charge in [0.15, 0.2) is 5.96 Å². The summed E-state index contributed by atoms with van der Waals surface area (Å²) < 4.78 is 5.30. The molecule has 0 spiro atoms. The van der Waals surface area contributed by atoms with Gasteiger partial charge >= 0.3 is 0 Å². The minimum absolute atomic E-state index is 0.134. The van der Waals surface area contributed by atoms with E-state index < -0.39 is 0 Å². The zero-order valence-corrected chi connectivity index (χ0v) is 18.6. The van der Waals surface area contributed by atoms with Crippen LogP contribution in [-0.2, 0) is 11.3 Å². The summed E-state index contributed by atoms with van der Waals surface area (Å²) in [5.74, 6) is 1.23. The molecule has 0 unspecified atom stereocenters. The molecule has 0 aliphatic rings. The lowest BCUT2D eigenvalue weighted by Gasteiger charge is -2.24. The molecule has 0 saturated heterocycles. The lowest BCUT2D eigenvalue weighted by molar-refractivity contribution is -0.114. The van der Waals surface area contributed by atoms with Crippen LogP contribution in [0.25, 0.3) is 0 Å². The molecule has 162 valence electrons. The highest BCUT2D eigenvalue weighted by molar-refractivity contribution is 5.90. The van der Waals surface area contributed by atoms with Crippen molar-refractivity contribution in [3.05, 3.63) is 53.6 Å². The molecule has 2 aromatic rings. The summed E-state index contributed by atoms with van der Waals surface area (Å²) in [6.07, 6.45) is 0. The molecule has 2 rings (SSSR count). The molecule has 2 aromatic carbocycles. The number of aliphatic imine (C=N–C) groups is 1. The van der Waals surface area contributed by atoms with E-state index >= 15 is 0 Å². The average molecular weight is 412 g/mol. The van der Waals surface area contributed by atoms with Crippen LogP contribution in [0.2, 0.25) is 0 Å². The molecule has 7 heteroatoms. The van der Waals surface area contributed by atoms with Crippen molar-refractivity contribution >= 4 is 23.2 Å². The number of amides is 1. The van der Waals surface area contributed by atoms with E-state index in [1.165, 1.54) is 18.2 Å². The maximum absolute atomic E-state index is 11.4. The van der Waals surface area contributed by atoms with Crippen LogP contribution in [0.5, 0.6) is 5.75 Å². The number of hydrogen-bond donors (Lipinski definition) is 3. The first kappa shape index (κ1) is 23.1. The highest BCUT2D eigenvalue weighted by Gasteiger charge is 2.08. The van der Waals surface area contributed by atoms with Crippen molar-refractivity contribution in [2.24, 2.45) is 4.99 Å². The Labute approximate surface area is 179 Å². The number of likely N-dealkylation sites (N-methyl/N-ethyl adjacent to an activating group) is 1. The normalized spacial score (nSPS) is 11.0. The number of nitrogens with one attached hydrogen (secondary N) is 3. The van der Waals surface area contributed by atoms with Crippen molar-refractivity contribution in [2.45, 2.75) is 27.3 Å². The van der Waals surface area contributed by atoms with E-state index in [1.54, 1.807) is 14.2 Å². The lowest BCUT2D eigenvalue weighted by Crippen LogP contribution is -2.41. The standard InChI is InChI=1S/C23H33N5O2/c1-6-28(20-9-7-8-17(2)14-20)13-12-25-23(24-4)26-16-19-10-11-22(30-5)21(15-19)27-18(3)29/h7-11,14-15H,6,12-13,16H2,1-5H3,(H,27,29)(H2,24,25,26). The third-order valence-electron chi connectivity index (χ3n) is 4.68. The molecular formula is C23H33N5O2. The topological polar surface area (TPSA) is 78.0 Å². The molecule has 0 aromatic heterocycles. The van der Waals surface area contributed by atoms with Crippen molar-refractivity contribution in [3.8, 4) is 5.75 Å². The highest BCUT2D eigenvalue weighted by Crippen LogP contribution is 2.25. The zero-order valence-electron chi connectivity index (χ0n) is 18.6. The summed E-state index contributed by atoms with van der Waals surface area (Å²) in [7, 11) is 3.34. The molecule has 0 heterocycles. The summed E-state index contributed by atoms with van der Waals surface area (Å²) in [6, 6.07) is 14.2. The Morgan fingerprint density at radius 3 is 2.60 bits per heavy atom. The second-order valence-electron chi connectivity index (χ2n) is 6.99. The fraction of sp³-hybridized carbons (Fsp3) is 0.391. The number of rotatable bonds is 9. The molecular weight excluding hydrogens is 378 g/mol. The van der Waals surface area contributed by atoms with Gasteiger partial charge in [-0.3, -0.25) is 9.79 Å². The maximum Gasteiger partial charge on any atom is 0.221 e. The number of carbonyl (C=O) groups excluding carboxylic acids is 1. The number of nitrogens with zero attached hydrogens (tertiary/aromatic N) is 2. The van der Waals surface area contributed by atoms with Crippen molar-refractivity contribution in [2.75, 3.05) is 44.0 Å². The van der Waals surface area contributed by atoms with Crippen LogP contribution >= 0.6 is 0 Å². The van der Waals surface area contributed by atoms with Gasteiger partial charge < -0.3 is 25.6 Å². The zero-order chi connectivity index (χ0) is 21.9. The van der Waals surface area contributed by atoms with E-state index in [4.69, 9.17) is 4.74 Å². The summed E-state index contributed by atoms with van der Waals surface area (Å²) in [6.45, 7) is 8.90. The summed E-state index contributed by atoms with van der Waals surface area (Å²) >= 11 is 0. The van der Waals surface area contributed by atoms with Gasteiger partial charge in [0.1, 0.15) is 5.75 Å². The third kappa shape index (κ3) is 6.99. The van der Waals surface area contributed by atoms with Gasteiger partial charge in [-0.1, -0.05) is 18.2 Å². The molecule has 1 amide bonds. The summed E-state index contributed by atoms with van der Waals surface area (Å²) in [5, 5.41) is 9.47. The highest BCUT2D eigenvalue weighted by atomic mass is 16.5. The number of benzene rings is 2. The van der Waals surface area contributed by atoms with Crippen LogP contribution in [0, 0.1) is 6.92 Å². The fourth-order valence-corrected chi connectivity index (χ4v) is 3.16. The molecule has 30 heavy (non-hydrogen) atoms. The van der Waals surface area contributed by atoms with Crippen LogP contribution in [0.4, 0.5) is 11.4 Å². The first-order valence-electron chi connectivity index (χ1n) is 10.2. The number of methoxy groups -OCH3 is 1. The first-order chi connectivity index (χ1) is 14.5. The second kappa shape index (κ2) is 11.7. The first-order valence-corrected chi connectivity index (χ1v) is 10.2. The maximum atomic E-state index is 11.4. The number of ether oxygens (including phenoxy) is 1. The monoisotopic (exact) mass is 411 g/mol. The minimum Gasteiger partial charge on any atom is -0.495 e. The Morgan fingerprint density at radius 1 is 1.17 bits per heavy atom. The van der Waals surface area contributed by atoms with Gasteiger partial charge in [0.25, 0.3) is 0 Å². The Morgan fingerprint density at radius 2 is 1.97 bits per heavy atom.